The molecule has 0 bridgehead atoms. The second kappa shape index (κ2) is 4.43. The van der Waals surface area contributed by atoms with Crippen molar-refractivity contribution in [2.75, 3.05) is 6.54 Å². The van der Waals surface area contributed by atoms with Gasteiger partial charge in [-0.05, 0) is 63.8 Å². The number of aryl methyl sites for hydroxylation is 3. The van der Waals surface area contributed by atoms with Gasteiger partial charge in [-0.1, -0.05) is 17.7 Å². The highest BCUT2D eigenvalue weighted by atomic mass is 16.3. The number of rotatable bonds is 2. The van der Waals surface area contributed by atoms with Crippen molar-refractivity contribution in [3.63, 3.8) is 0 Å². The van der Waals surface area contributed by atoms with Crippen LogP contribution in [0.3, 0.4) is 0 Å². The van der Waals surface area contributed by atoms with Crippen molar-refractivity contribution in [1.82, 2.24) is 5.32 Å². The normalized spacial score (nSPS) is 23.7. The maximum absolute atomic E-state index is 10.9. The van der Waals surface area contributed by atoms with E-state index in [4.69, 9.17) is 0 Å². The summed E-state index contributed by atoms with van der Waals surface area (Å²) in [5.74, 6) is 0. The summed E-state index contributed by atoms with van der Waals surface area (Å²) in [4.78, 5) is 0. The number of hydrogen-bond donors (Lipinski definition) is 2. The first-order valence-corrected chi connectivity index (χ1v) is 6.47. The van der Waals surface area contributed by atoms with Crippen molar-refractivity contribution in [2.24, 2.45) is 0 Å². The van der Waals surface area contributed by atoms with Crippen LogP contribution < -0.4 is 5.32 Å². The smallest absolute Gasteiger partial charge is 0.103 e. The van der Waals surface area contributed by atoms with Crippen molar-refractivity contribution in [3.8, 4) is 0 Å². The fraction of sp³-hybridized carbons (Fsp3) is 0.600. The summed E-state index contributed by atoms with van der Waals surface area (Å²) < 4.78 is 0. The number of aliphatic hydroxyl groups is 1. The summed E-state index contributed by atoms with van der Waals surface area (Å²) >= 11 is 0. The first-order valence-electron chi connectivity index (χ1n) is 6.47. The third-order valence-corrected chi connectivity index (χ3v) is 3.92. The zero-order valence-corrected chi connectivity index (χ0v) is 11.3. The molecular formula is C15H23NO. The largest absolute Gasteiger partial charge is 0.384 e. The third kappa shape index (κ3) is 2.24. The molecule has 94 valence electrons. The van der Waals surface area contributed by atoms with Gasteiger partial charge in [-0.2, -0.15) is 0 Å². The fourth-order valence-electron chi connectivity index (χ4n) is 3.32. The summed E-state index contributed by atoms with van der Waals surface area (Å²) in [7, 11) is 0. The van der Waals surface area contributed by atoms with Crippen LogP contribution in [0.4, 0.5) is 0 Å². The van der Waals surface area contributed by atoms with E-state index in [0.29, 0.717) is 0 Å². The van der Waals surface area contributed by atoms with Gasteiger partial charge in [0.15, 0.2) is 0 Å². The maximum Gasteiger partial charge on any atom is 0.103 e. The van der Waals surface area contributed by atoms with Gasteiger partial charge >= 0.3 is 0 Å². The highest BCUT2D eigenvalue weighted by molar-refractivity contribution is 5.42. The Hall–Kier alpha value is -0.860. The molecule has 1 aliphatic rings. The molecular weight excluding hydrogens is 210 g/mol. The van der Waals surface area contributed by atoms with Gasteiger partial charge in [0.2, 0.25) is 0 Å². The van der Waals surface area contributed by atoms with Crippen molar-refractivity contribution >= 4 is 0 Å². The monoisotopic (exact) mass is 233 g/mol. The highest BCUT2D eigenvalue weighted by Crippen LogP contribution is 2.34. The summed E-state index contributed by atoms with van der Waals surface area (Å²) in [6.45, 7) is 9.26. The predicted octanol–water partition coefficient (Wildman–Crippen LogP) is 2.57. The molecule has 0 aliphatic carbocycles. The SMILES string of the molecule is Cc1cc(C)c(C(C)(O)C2CCCN2)c(C)c1. The molecule has 2 N–H and O–H groups in total. The van der Waals surface area contributed by atoms with Crippen molar-refractivity contribution in [2.45, 2.75) is 52.2 Å². The van der Waals surface area contributed by atoms with E-state index in [1.807, 2.05) is 6.92 Å². The molecule has 2 unspecified atom stereocenters. The Labute approximate surface area is 104 Å². The predicted molar refractivity (Wildman–Crippen MR) is 71.2 cm³/mol. The average Bonchev–Trinajstić information content (AvgIpc) is 2.67. The molecule has 1 aromatic rings. The van der Waals surface area contributed by atoms with Crippen LogP contribution >= 0.6 is 0 Å². The van der Waals surface area contributed by atoms with E-state index in [9.17, 15) is 5.11 Å². The molecule has 1 heterocycles. The molecule has 0 spiro atoms. The lowest BCUT2D eigenvalue weighted by Gasteiger charge is -2.33. The van der Waals surface area contributed by atoms with Crippen LogP contribution in [0.25, 0.3) is 0 Å². The Morgan fingerprint density at radius 1 is 1.24 bits per heavy atom. The van der Waals surface area contributed by atoms with E-state index in [0.717, 1.165) is 24.9 Å². The second-order valence-corrected chi connectivity index (χ2v) is 5.57. The van der Waals surface area contributed by atoms with E-state index in [2.05, 4.69) is 38.2 Å². The van der Waals surface area contributed by atoms with E-state index >= 15 is 0 Å². The van der Waals surface area contributed by atoms with Crippen LogP contribution in [0, 0.1) is 20.8 Å². The lowest BCUT2D eigenvalue weighted by atomic mass is 9.81. The van der Waals surface area contributed by atoms with Gasteiger partial charge in [-0.25, -0.2) is 0 Å². The average molecular weight is 233 g/mol. The van der Waals surface area contributed by atoms with Gasteiger partial charge in [0, 0.05) is 6.04 Å². The Morgan fingerprint density at radius 2 is 1.82 bits per heavy atom. The lowest BCUT2D eigenvalue weighted by molar-refractivity contribution is 0.0207. The molecule has 17 heavy (non-hydrogen) atoms. The molecule has 1 saturated heterocycles. The zero-order chi connectivity index (χ0) is 12.6. The van der Waals surface area contributed by atoms with Crippen LogP contribution in [0.2, 0.25) is 0 Å². The van der Waals surface area contributed by atoms with Crippen LogP contribution in [-0.2, 0) is 5.60 Å². The first kappa shape index (κ1) is 12.6. The van der Waals surface area contributed by atoms with Crippen LogP contribution in [-0.4, -0.2) is 17.7 Å². The van der Waals surface area contributed by atoms with Gasteiger partial charge in [0.1, 0.15) is 5.60 Å². The standard InChI is InChI=1S/C15H23NO/c1-10-8-11(2)14(12(3)9-10)15(4,17)13-6-5-7-16-13/h8-9,13,16-17H,5-7H2,1-4H3. The molecule has 1 aliphatic heterocycles. The molecule has 2 nitrogen and oxygen atoms in total. The van der Waals surface area contributed by atoms with E-state index < -0.39 is 5.60 Å². The molecule has 0 amide bonds. The number of benzene rings is 1. The van der Waals surface area contributed by atoms with E-state index in [-0.39, 0.29) is 6.04 Å². The molecule has 1 aromatic carbocycles. The molecule has 2 heteroatoms. The Balaban J connectivity index is 2.44. The summed E-state index contributed by atoms with van der Waals surface area (Å²) in [5, 5.41) is 14.3. The topological polar surface area (TPSA) is 32.3 Å². The van der Waals surface area contributed by atoms with Crippen molar-refractivity contribution < 1.29 is 5.11 Å². The van der Waals surface area contributed by atoms with Crippen LogP contribution in [0.1, 0.15) is 42.0 Å². The highest BCUT2D eigenvalue weighted by Gasteiger charge is 2.37. The molecule has 2 rings (SSSR count). The number of nitrogens with one attached hydrogen (secondary N) is 1. The van der Waals surface area contributed by atoms with Crippen molar-refractivity contribution in [3.05, 3.63) is 34.4 Å². The minimum atomic E-state index is -0.766. The summed E-state index contributed by atoms with van der Waals surface area (Å²) in [6.07, 6.45) is 2.21. The van der Waals surface area contributed by atoms with Crippen molar-refractivity contribution in [1.29, 1.82) is 0 Å². The Bertz CT molecular complexity index is 394. The minimum absolute atomic E-state index is 0.183. The van der Waals surface area contributed by atoms with E-state index in [1.165, 1.54) is 16.7 Å². The van der Waals surface area contributed by atoms with Gasteiger partial charge in [0.25, 0.3) is 0 Å². The minimum Gasteiger partial charge on any atom is -0.384 e. The first-order chi connectivity index (χ1) is 7.93. The Morgan fingerprint density at radius 3 is 2.29 bits per heavy atom. The lowest BCUT2D eigenvalue weighted by Crippen LogP contribution is -2.43. The quantitative estimate of drug-likeness (QED) is 0.823. The maximum atomic E-state index is 10.9. The molecule has 0 radical (unpaired) electrons. The summed E-state index contributed by atoms with van der Waals surface area (Å²) in [5.41, 5.74) is 3.99. The molecule has 0 saturated carbocycles. The van der Waals surface area contributed by atoms with E-state index in [1.54, 1.807) is 0 Å². The van der Waals surface area contributed by atoms with Crippen LogP contribution in [0.15, 0.2) is 12.1 Å². The van der Waals surface area contributed by atoms with Gasteiger partial charge in [-0.15, -0.1) is 0 Å². The second-order valence-electron chi connectivity index (χ2n) is 5.57. The number of hydrogen-bond acceptors (Lipinski definition) is 2. The summed E-state index contributed by atoms with van der Waals surface area (Å²) in [6, 6.07) is 4.50. The molecule has 0 aromatic heterocycles. The Kier molecular flexibility index (Phi) is 3.28. The third-order valence-electron chi connectivity index (χ3n) is 3.92. The molecule has 2 atom stereocenters. The van der Waals surface area contributed by atoms with Crippen LogP contribution in [0.5, 0.6) is 0 Å². The zero-order valence-electron chi connectivity index (χ0n) is 11.3. The van der Waals surface area contributed by atoms with Gasteiger partial charge in [0.05, 0.1) is 0 Å². The van der Waals surface area contributed by atoms with Gasteiger partial charge in [-0.3, -0.25) is 0 Å². The van der Waals surface area contributed by atoms with Gasteiger partial charge < -0.3 is 10.4 Å². The fourth-order valence-corrected chi connectivity index (χ4v) is 3.32. The molecule has 1 fully saturated rings.